The monoisotopic (exact) mass is 435 g/mol. The molecule has 2 aliphatic heterocycles. The maximum absolute atomic E-state index is 12.4. The van der Waals surface area contributed by atoms with Gasteiger partial charge >= 0.3 is 0 Å². The molecule has 2 aromatic carbocycles. The van der Waals surface area contributed by atoms with Crippen LogP contribution in [-0.2, 0) is 9.59 Å². The first kappa shape index (κ1) is 21.0. The predicted octanol–water partition coefficient (Wildman–Crippen LogP) is 3.17. The molecule has 1 atom stereocenters. The molecule has 2 fully saturated rings. The molecule has 0 bridgehead atoms. The van der Waals surface area contributed by atoms with Crippen LogP contribution in [0.4, 0.5) is 0 Å². The molecule has 2 N–H and O–H groups in total. The Morgan fingerprint density at radius 2 is 1.97 bits per heavy atom. The number of nitrogens with one attached hydrogen (secondary N) is 2. The topological polar surface area (TPSA) is 83.8 Å². The first-order valence-electron chi connectivity index (χ1n) is 11.4. The van der Waals surface area contributed by atoms with E-state index in [1.165, 1.54) is 12.8 Å². The number of furan rings is 1. The molecule has 5 rings (SSSR count). The van der Waals surface area contributed by atoms with E-state index in [1.54, 1.807) is 6.26 Å². The Hall–Kier alpha value is -2.90. The molecule has 7 nitrogen and oxygen atoms in total. The molecule has 0 spiro atoms. The lowest BCUT2D eigenvalue weighted by Gasteiger charge is -2.31. The fourth-order valence-electron chi connectivity index (χ4n) is 4.94. The van der Waals surface area contributed by atoms with Crippen molar-refractivity contribution in [2.45, 2.75) is 37.6 Å². The van der Waals surface area contributed by atoms with E-state index in [0.717, 1.165) is 52.7 Å². The highest BCUT2D eigenvalue weighted by atomic mass is 16.5. The molecular formula is C25H29N3O4. The van der Waals surface area contributed by atoms with Crippen LogP contribution < -0.4 is 15.4 Å². The van der Waals surface area contributed by atoms with E-state index < -0.39 is 0 Å². The summed E-state index contributed by atoms with van der Waals surface area (Å²) in [5, 5.41) is 8.86. The van der Waals surface area contributed by atoms with Gasteiger partial charge in [0.2, 0.25) is 11.8 Å². The number of carbonyl (C=O) groups is 2. The Bertz CT molecular complexity index is 1150. The van der Waals surface area contributed by atoms with Crippen molar-refractivity contribution in [3.63, 3.8) is 0 Å². The van der Waals surface area contributed by atoms with Gasteiger partial charge in [-0.05, 0) is 74.4 Å². The van der Waals surface area contributed by atoms with Crippen molar-refractivity contribution in [1.29, 1.82) is 0 Å². The Morgan fingerprint density at radius 3 is 2.78 bits per heavy atom. The summed E-state index contributed by atoms with van der Waals surface area (Å²) in [6.45, 7) is 3.71. The molecule has 3 heterocycles. The van der Waals surface area contributed by atoms with Gasteiger partial charge in [0.25, 0.3) is 0 Å². The van der Waals surface area contributed by atoms with E-state index >= 15 is 0 Å². The van der Waals surface area contributed by atoms with Gasteiger partial charge in [0.05, 0.1) is 12.2 Å². The molecule has 0 saturated carbocycles. The largest absolute Gasteiger partial charge is 0.492 e. The number of nitrogens with zero attached hydrogens (tertiary/aromatic N) is 1. The maximum Gasteiger partial charge on any atom is 0.234 e. The van der Waals surface area contributed by atoms with Crippen molar-refractivity contribution in [2.24, 2.45) is 0 Å². The fraction of sp³-hybridized carbons (Fsp3) is 0.440. The first-order chi connectivity index (χ1) is 15.6. The number of benzene rings is 2. The van der Waals surface area contributed by atoms with Crippen LogP contribution in [0.25, 0.3) is 21.7 Å². The highest BCUT2D eigenvalue weighted by Crippen LogP contribution is 2.37. The molecule has 2 saturated heterocycles. The third-order valence-electron chi connectivity index (χ3n) is 6.81. The van der Waals surface area contributed by atoms with Crippen LogP contribution in [0.1, 0.15) is 37.2 Å². The number of hydrogen-bond donors (Lipinski definition) is 2. The Labute approximate surface area is 187 Å². The second-order valence-corrected chi connectivity index (χ2v) is 8.83. The van der Waals surface area contributed by atoms with Gasteiger partial charge in [0, 0.05) is 30.0 Å². The van der Waals surface area contributed by atoms with Gasteiger partial charge in [0.1, 0.15) is 17.9 Å². The zero-order valence-corrected chi connectivity index (χ0v) is 18.4. The van der Waals surface area contributed by atoms with E-state index in [1.807, 2.05) is 30.3 Å². The van der Waals surface area contributed by atoms with Gasteiger partial charge in [-0.1, -0.05) is 6.07 Å². The standard InChI is InChI=1S/C25H29N3O4/c1-28(17-8-10-26-11-9-17)12-13-31-18-3-4-19-16(14-18)2-6-22-24(19)21(15-32-22)20-5-7-23(29)27-25(20)30/h2-4,6,14-15,17,20,26H,5,7-13H2,1H3,(H,27,29,30). The van der Waals surface area contributed by atoms with Crippen molar-refractivity contribution in [1.82, 2.24) is 15.5 Å². The summed E-state index contributed by atoms with van der Waals surface area (Å²) in [7, 11) is 2.17. The Balaban J connectivity index is 1.34. The van der Waals surface area contributed by atoms with Crippen molar-refractivity contribution >= 4 is 33.6 Å². The third kappa shape index (κ3) is 4.10. The lowest BCUT2D eigenvalue weighted by atomic mass is 9.89. The SMILES string of the molecule is CN(CCOc1ccc2c(ccc3occ(C4CCC(=O)NC4=O)c32)c1)C1CCNCC1. The van der Waals surface area contributed by atoms with E-state index in [-0.39, 0.29) is 17.7 Å². The lowest BCUT2D eigenvalue weighted by Crippen LogP contribution is -2.42. The van der Waals surface area contributed by atoms with Gasteiger partial charge in [0.15, 0.2) is 0 Å². The molecule has 0 aliphatic carbocycles. The zero-order chi connectivity index (χ0) is 22.1. The lowest BCUT2D eigenvalue weighted by molar-refractivity contribution is -0.134. The van der Waals surface area contributed by atoms with Gasteiger partial charge in [-0.2, -0.15) is 0 Å². The number of likely N-dealkylation sites (N-methyl/N-ethyl adjacent to an activating group) is 1. The number of carbonyl (C=O) groups excluding carboxylic acids is 2. The van der Waals surface area contributed by atoms with Crippen LogP contribution in [0.2, 0.25) is 0 Å². The Kier molecular flexibility index (Phi) is 5.85. The highest BCUT2D eigenvalue weighted by Gasteiger charge is 2.31. The number of piperidine rings is 2. The van der Waals surface area contributed by atoms with Gasteiger partial charge < -0.3 is 14.5 Å². The van der Waals surface area contributed by atoms with E-state index in [0.29, 0.717) is 25.5 Å². The summed E-state index contributed by atoms with van der Waals surface area (Å²) in [4.78, 5) is 26.4. The number of fused-ring (bicyclic) bond motifs is 3. The van der Waals surface area contributed by atoms with Crippen LogP contribution in [0.3, 0.4) is 0 Å². The average molecular weight is 436 g/mol. The second-order valence-electron chi connectivity index (χ2n) is 8.83. The minimum absolute atomic E-state index is 0.212. The number of rotatable bonds is 6. The van der Waals surface area contributed by atoms with Crippen molar-refractivity contribution in [2.75, 3.05) is 33.3 Å². The van der Waals surface area contributed by atoms with Gasteiger partial charge in [-0.25, -0.2) is 0 Å². The minimum Gasteiger partial charge on any atom is -0.492 e. The smallest absolute Gasteiger partial charge is 0.234 e. The van der Waals surface area contributed by atoms with Crippen LogP contribution >= 0.6 is 0 Å². The molecule has 32 heavy (non-hydrogen) atoms. The molecule has 1 unspecified atom stereocenters. The van der Waals surface area contributed by atoms with Crippen LogP contribution in [0, 0.1) is 0 Å². The van der Waals surface area contributed by atoms with E-state index in [4.69, 9.17) is 9.15 Å². The molecule has 3 aromatic rings. The molecular weight excluding hydrogens is 406 g/mol. The summed E-state index contributed by atoms with van der Waals surface area (Å²) in [6, 6.07) is 10.6. The quantitative estimate of drug-likeness (QED) is 0.579. The van der Waals surface area contributed by atoms with Crippen molar-refractivity contribution < 1.29 is 18.7 Å². The average Bonchev–Trinajstić information content (AvgIpc) is 3.24. The third-order valence-corrected chi connectivity index (χ3v) is 6.81. The number of ether oxygens (including phenoxy) is 1. The van der Waals surface area contributed by atoms with E-state index in [2.05, 4.69) is 22.6 Å². The van der Waals surface area contributed by atoms with Crippen molar-refractivity contribution in [3.05, 3.63) is 42.2 Å². The molecule has 2 amide bonds. The molecule has 7 heteroatoms. The minimum atomic E-state index is -0.374. The van der Waals surface area contributed by atoms with Crippen molar-refractivity contribution in [3.8, 4) is 5.75 Å². The highest BCUT2D eigenvalue weighted by molar-refractivity contribution is 6.10. The summed E-state index contributed by atoms with van der Waals surface area (Å²) < 4.78 is 11.8. The summed E-state index contributed by atoms with van der Waals surface area (Å²) >= 11 is 0. The fourth-order valence-corrected chi connectivity index (χ4v) is 4.94. The van der Waals surface area contributed by atoms with Crippen LogP contribution in [-0.4, -0.2) is 56.0 Å². The molecule has 2 aliphatic rings. The summed E-state index contributed by atoms with van der Waals surface area (Å²) in [5.74, 6) is -0.00196. The maximum atomic E-state index is 12.4. The van der Waals surface area contributed by atoms with Gasteiger partial charge in [-0.15, -0.1) is 0 Å². The van der Waals surface area contributed by atoms with Crippen LogP contribution in [0.5, 0.6) is 5.75 Å². The van der Waals surface area contributed by atoms with E-state index in [9.17, 15) is 9.59 Å². The number of hydrogen-bond acceptors (Lipinski definition) is 6. The zero-order valence-electron chi connectivity index (χ0n) is 18.4. The molecule has 168 valence electrons. The van der Waals surface area contributed by atoms with Crippen LogP contribution in [0.15, 0.2) is 41.0 Å². The normalized spacial score (nSPS) is 20.2. The second kappa shape index (κ2) is 8.92. The Morgan fingerprint density at radius 1 is 1.12 bits per heavy atom. The number of amides is 2. The summed E-state index contributed by atoms with van der Waals surface area (Å²) in [6.07, 6.45) is 4.87. The predicted molar refractivity (Wildman–Crippen MR) is 123 cm³/mol. The summed E-state index contributed by atoms with van der Waals surface area (Å²) in [5.41, 5.74) is 1.59. The first-order valence-corrected chi connectivity index (χ1v) is 11.4. The molecule has 0 radical (unpaired) electrons. The molecule has 1 aromatic heterocycles. The van der Waals surface area contributed by atoms with Gasteiger partial charge in [-0.3, -0.25) is 19.8 Å². The number of imide groups is 1.